The van der Waals surface area contributed by atoms with E-state index in [0.717, 1.165) is 6.07 Å². The fraction of sp³-hybridized carbons (Fsp3) is 0.118. The summed E-state index contributed by atoms with van der Waals surface area (Å²) in [6.45, 7) is 0.815. The molecule has 0 saturated carbocycles. The second-order valence-corrected chi connectivity index (χ2v) is 5.26. The first kappa shape index (κ1) is 17.6. The van der Waals surface area contributed by atoms with Crippen LogP contribution in [0.25, 0.3) is 0 Å². The highest BCUT2D eigenvalue weighted by Gasteiger charge is 2.18. The van der Waals surface area contributed by atoms with Crippen molar-refractivity contribution in [3.8, 4) is 0 Å². The lowest BCUT2D eigenvalue weighted by Crippen LogP contribution is -2.15. The van der Waals surface area contributed by atoms with Gasteiger partial charge in [0.25, 0.3) is 0 Å². The molecule has 0 spiro atoms. The second-order valence-electron chi connectivity index (χ2n) is 4.85. The SMILES string of the molecule is CC(=O)Nc1ccc(C(=O)COC(=O)c2c(F)cccc2Cl)cc1. The number of hydrogen-bond donors (Lipinski definition) is 1. The van der Waals surface area contributed by atoms with Crippen molar-refractivity contribution < 1.29 is 23.5 Å². The average molecular weight is 350 g/mol. The number of benzene rings is 2. The molecule has 0 aromatic heterocycles. The molecular weight excluding hydrogens is 337 g/mol. The summed E-state index contributed by atoms with van der Waals surface area (Å²) in [6, 6.07) is 9.84. The molecule has 0 radical (unpaired) electrons. The van der Waals surface area contributed by atoms with E-state index in [9.17, 15) is 18.8 Å². The Balaban J connectivity index is 2.00. The van der Waals surface area contributed by atoms with Gasteiger partial charge >= 0.3 is 5.97 Å². The number of ether oxygens (including phenoxy) is 1. The van der Waals surface area contributed by atoms with Gasteiger partial charge in [-0.15, -0.1) is 0 Å². The third kappa shape index (κ3) is 4.39. The van der Waals surface area contributed by atoms with Crippen LogP contribution in [0.5, 0.6) is 0 Å². The average Bonchev–Trinajstić information content (AvgIpc) is 2.52. The fourth-order valence-corrected chi connectivity index (χ4v) is 2.16. The summed E-state index contributed by atoms with van der Waals surface area (Å²) < 4.78 is 18.4. The maximum absolute atomic E-state index is 13.6. The quantitative estimate of drug-likeness (QED) is 0.662. The molecule has 0 saturated heterocycles. The van der Waals surface area contributed by atoms with Crippen LogP contribution in [-0.4, -0.2) is 24.3 Å². The first-order valence-corrected chi connectivity index (χ1v) is 7.28. The summed E-state index contributed by atoms with van der Waals surface area (Å²) in [5.74, 6) is -2.53. The normalized spacial score (nSPS) is 10.1. The minimum absolute atomic E-state index is 0.0906. The smallest absolute Gasteiger partial charge is 0.343 e. The molecule has 0 fully saturated rings. The van der Waals surface area contributed by atoms with Gasteiger partial charge in [-0.3, -0.25) is 9.59 Å². The van der Waals surface area contributed by atoms with Crippen LogP contribution in [0, 0.1) is 5.82 Å². The summed E-state index contributed by atoms with van der Waals surface area (Å²) in [6.07, 6.45) is 0. The number of halogens is 2. The van der Waals surface area contributed by atoms with E-state index in [2.05, 4.69) is 5.32 Å². The van der Waals surface area contributed by atoms with Crippen molar-refractivity contribution in [2.45, 2.75) is 6.92 Å². The summed E-state index contributed by atoms with van der Waals surface area (Å²) in [7, 11) is 0. The van der Waals surface area contributed by atoms with Crippen LogP contribution < -0.4 is 5.32 Å². The maximum Gasteiger partial charge on any atom is 0.343 e. The minimum atomic E-state index is -1.01. The first-order valence-electron chi connectivity index (χ1n) is 6.90. The summed E-state index contributed by atoms with van der Waals surface area (Å²) in [4.78, 5) is 34.8. The molecular formula is C17H13ClFNO4. The van der Waals surface area contributed by atoms with Crippen LogP contribution in [0.15, 0.2) is 42.5 Å². The third-order valence-electron chi connectivity index (χ3n) is 3.03. The number of nitrogens with one attached hydrogen (secondary N) is 1. The van der Waals surface area contributed by atoms with Gasteiger partial charge in [-0.05, 0) is 36.4 Å². The van der Waals surface area contributed by atoms with E-state index in [1.807, 2.05) is 0 Å². The lowest BCUT2D eigenvalue weighted by molar-refractivity contribution is -0.114. The van der Waals surface area contributed by atoms with Crippen LogP contribution in [-0.2, 0) is 9.53 Å². The van der Waals surface area contributed by atoms with Crippen molar-refractivity contribution in [3.63, 3.8) is 0 Å². The molecule has 7 heteroatoms. The molecule has 5 nitrogen and oxygen atoms in total. The Morgan fingerprint density at radius 3 is 2.38 bits per heavy atom. The standard InChI is InChI=1S/C17H13ClFNO4/c1-10(21)20-12-7-5-11(6-8-12)15(22)9-24-17(23)16-13(18)3-2-4-14(16)19/h2-8H,9H2,1H3,(H,20,21). The van der Waals surface area contributed by atoms with Crippen LogP contribution in [0.2, 0.25) is 5.02 Å². The zero-order valence-electron chi connectivity index (χ0n) is 12.6. The molecule has 1 N–H and O–H groups in total. The molecule has 1 amide bonds. The Labute approximate surface area is 142 Å². The molecule has 124 valence electrons. The molecule has 0 aliphatic heterocycles. The molecule has 0 aliphatic rings. The zero-order valence-corrected chi connectivity index (χ0v) is 13.4. The van der Waals surface area contributed by atoms with Crippen LogP contribution in [0.1, 0.15) is 27.6 Å². The molecule has 0 bridgehead atoms. The Morgan fingerprint density at radius 1 is 1.12 bits per heavy atom. The third-order valence-corrected chi connectivity index (χ3v) is 3.34. The number of esters is 1. The van der Waals surface area contributed by atoms with Gasteiger partial charge in [0.2, 0.25) is 5.91 Å². The summed E-state index contributed by atoms with van der Waals surface area (Å²) in [5.41, 5.74) is 0.415. The molecule has 0 heterocycles. The van der Waals surface area contributed by atoms with Crippen LogP contribution in [0.3, 0.4) is 0 Å². The van der Waals surface area contributed by atoms with Gasteiger partial charge in [0.1, 0.15) is 11.4 Å². The van der Waals surface area contributed by atoms with Crippen molar-refractivity contribution >= 4 is 34.9 Å². The lowest BCUT2D eigenvalue weighted by atomic mass is 10.1. The van der Waals surface area contributed by atoms with Crippen molar-refractivity contribution in [1.29, 1.82) is 0 Å². The Bertz CT molecular complexity index is 769. The number of ketones is 1. The van der Waals surface area contributed by atoms with Crippen LogP contribution in [0.4, 0.5) is 10.1 Å². The van der Waals surface area contributed by atoms with Gasteiger partial charge in [-0.2, -0.15) is 0 Å². The Morgan fingerprint density at radius 2 is 1.79 bits per heavy atom. The van der Waals surface area contributed by atoms with Gasteiger partial charge < -0.3 is 10.1 Å². The van der Waals surface area contributed by atoms with E-state index in [1.54, 1.807) is 12.1 Å². The summed E-state index contributed by atoms with van der Waals surface area (Å²) in [5, 5.41) is 2.47. The molecule has 0 unspecified atom stereocenters. The van der Waals surface area contributed by atoms with E-state index in [-0.39, 0.29) is 16.5 Å². The van der Waals surface area contributed by atoms with Gasteiger partial charge in [-0.25, -0.2) is 9.18 Å². The number of carbonyl (C=O) groups is 3. The number of carbonyl (C=O) groups excluding carboxylic acids is 3. The monoisotopic (exact) mass is 349 g/mol. The first-order chi connectivity index (χ1) is 11.4. The van der Waals surface area contributed by atoms with Crippen molar-refractivity contribution in [1.82, 2.24) is 0 Å². The highest BCUT2D eigenvalue weighted by atomic mass is 35.5. The summed E-state index contributed by atoms with van der Waals surface area (Å²) >= 11 is 5.76. The number of rotatable bonds is 5. The minimum Gasteiger partial charge on any atom is -0.454 e. The van der Waals surface area contributed by atoms with Gasteiger partial charge in [0.15, 0.2) is 12.4 Å². The lowest BCUT2D eigenvalue weighted by Gasteiger charge is -2.07. The number of amides is 1. The zero-order chi connectivity index (χ0) is 17.7. The molecule has 0 aliphatic carbocycles. The van der Waals surface area contributed by atoms with E-state index in [1.165, 1.54) is 31.2 Å². The maximum atomic E-state index is 13.6. The second kappa shape index (κ2) is 7.70. The number of anilines is 1. The largest absolute Gasteiger partial charge is 0.454 e. The highest BCUT2D eigenvalue weighted by Crippen LogP contribution is 2.20. The predicted octanol–water partition coefficient (Wildman–Crippen LogP) is 3.48. The van der Waals surface area contributed by atoms with Gasteiger partial charge in [0.05, 0.1) is 5.02 Å². The molecule has 2 rings (SSSR count). The van der Waals surface area contributed by atoms with Crippen LogP contribution >= 0.6 is 11.6 Å². The molecule has 2 aromatic rings. The van der Waals surface area contributed by atoms with E-state index in [0.29, 0.717) is 5.69 Å². The van der Waals surface area contributed by atoms with Crippen molar-refractivity contribution in [2.24, 2.45) is 0 Å². The topological polar surface area (TPSA) is 72.5 Å². The number of Topliss-reactive ketones (excluding diaryl/α,β-unsaturated/α-hetero) is 1. The molecule has 0 atom stereocenters. The van der Waals surface area contributed by atoms with Crippen molar-refractivity contribution in [3.05, 3.63) is 64.4 Å². The molecule has 24 heavy (non-hydrogen) atoms. The van der Waals surface area contributed by atoms with Gasteiger partial charge in [-0.1, -0.05) is 17.7 Å². The fourth-order valence-electron chi connectivity index (χ4n) is 1.92. The highest BCUT2D eigenvalue weighted by molar-refractivity contribution is 6.33. The molecule has 2 aromatic carbocycles. The number of hydrogen-bond acceptors (Lipinski definition) is 4. The Kier molecular flexibility index (Phi) is 5.65. The van der Waals surface area contributed by atoms with E-state index < -0.39 is 29.7 Å². The van der Waals surface area contributed by atoms with E-state index >= 15 is 0 Å². The predicted molar refractivity (Wildman–Crippen MR) is 86.8 cm³/mol. The Hall–Kier alpha value is -2.73. The van der Waals surface area contributed by atoms with Gasteiger partial charge in [0, 0.05) is 18.2 Å². The van der Waals surface area contributed by atoms with E-state index in [4.69, 9.17) is 16.3 Å². The van der Waals surface area contributed by atoms with Crippen molar-refractivity contribution in [2.75, 3.05) is 11.9 Å².